The average molecular weight is 796 g/mol. The second kappa shape index (κ2) is 20.0. The molecule has 0 radical (unpaired) electrons. The van der Waals surface area contributed by atoms with Crippen molar-refractivity contribution >= 4 is 39.6 Å². The summed E-state index contributed by atoms with van der Waals surface area (Å²) in [5, 5.41) is 5.72. The number of carbonyl (C=O) groups is 5. The van der Waals surface area contributed by atoms with Crippen LogP contribution in [0.2, 0.25) is 0 Å². The van der Waals surface area contributed by atoms with Crippen LogP contribution < -0.4 is 15.4 Å². The Kier molecular flexibility index (Phi) is 14.9. The summed E-state index contributed by atoms with van der Waals surface area (Å²) < 4.78 is 39.3. The van der Waals surface area contributed by atoms with E-state index in [-0.39, 0.29) is 30.8 Å². The summed E-state index contributed by atoms with van der Waals surface area (Å²) >= 11 is 0. The lowest BCUT2D eigenvalue weighted by Crippen LogP contribution is -2.65. The smallest absolute Gasteiger partial charge is 0.421 e. The van der Waals surface area contributed by atoms with Gasteiger partial charge in [-0.1, -0.05) is 123 Å². The lowest BCUT2D eigenvalue weighted by atomic mass is 9.90. The van der Waals surface area contributed by atoms with Crippen molar-refractivity contribution in [1.29, 1.82) is 0 Å². The fourth-order valence-electron chi connectivity index (χ4n) is 6.60. The van der Waals surface area contributed by atoms with Crippen molar-refractivity contribution < 1.29 is 41.9 Å². The van der Waals surface area contributed by atoms with Gasteiger partial charge in [0.25, 0.3) is 10.0 Å². The molecule has 1 aliphatic heterocycles. The summed E-state index contributed by atoms with van der Waals surface area (Å²) in [5.74, 6) is -3.75. The molecule has 2 atom stereocenters. The number of Topliss-reactive ketones (excluding diaryl/α,β-unsaturated/α-hetero) is 2. The van der Waals surface area contributed by atoms with E-state index < -0.39 is 57.2 Å². The molecule has 0 spiro atoms. The monoisotopic (exact) mass is 795 g/mol. The molecule has 1 fully saturated rings. The highest BCUT2D eigenvalue weighted by Crippen LogP contribution is 2.29. The number of carbonyl (C=O) groups excluding carboxylic acids is 5. The molecule has 300 valence electrons. The van der Waals surface area contributed by atoms with E-state index in [4.69, 9.17) is 9.47 Å². The number of benzene rings is 4. The van der Waals surface area contributed by atoms with Gasteiger partial charge < -0.3 is 20.1 Å². The van der Waals surface area contributed by atoms with Gasteiger partial charge in [-0.15, -0.1) is 0 Å². The number of sulfonamides is 1. The first kappa shape index (κ1) is 42.5. The van der Waals surface area contributed by atoms with E-state index in [0.717, 1.165) is 6.42 Å². The van der Waals surface area contributed by atoms with Crippen LogP contribution in [0.5, 0.6) is 0 Å². The highest BCUT2D eigenvalue weighted by atomic mass is 32.2. The average Bonchev–Trinajstić information content (AvgIpc) is 3.76. The number of ether oxygens (including phenoxy) is 2. The molecule has 1 heterocycles. The maximum Gasteiger partial charge on any atom is 0.421 e. The molecule has 0 unspecified atom stereocenters. The van der Waals surface area contributed by atoms with Gasteiger partial charge in [-0.25, -0.2) is 17.9 Å². The number of unbranched alkanes of at least 4 members (excludes halogenated alkanes) is 1. The zero-order chi connectivity index (χ0) is 40.8. The fourth-order valence-corrected chi connectivity index (χ4v) is 7.72. The second-order valence-corrected chi connectivity index (χ2v) is 15.7. The van der Waals surface area contributed by atoms with Crippen LogP contribution in [-0.2, 0) is 57.9 Å². The molecular formula is C44H49N3O9S. The number of ketones is 2. The molecule has 57 heavy (non-hydrogen) atoms. The van der Waals surface area contributed by atoms with Crippen LogP contribution in [0.1, 0.15) is 62.6 Å². The van der Waals surface area contributed by atoms with Gasteiger partial charge in [0.05, 0.1) is 11.5 Å². The van der Waals surface area contributed by atoms with Crippen LogP contribution in [0.25, 0.3) is 11.1 Å². The van der Waals surface area contributed by atoms with Crippen molar-refractivity contribution in [3.05, 3.63) is 126 Å². The molecular weight excluding hydrogens is 747 g/mol. The largest absolute Gasteiger partial charge is 0.449 e. The van der Waals surface area contributed by atoms with Crippen molar-refractivity contribution in [3.63, 3.8) is 0 Å². The molecule has 0 bridgehead atoms. The summed E-state index contributed by atoms with van der Waals surface area (Å²) in [4.78, 5) is 68.8. The van der Waals surface area contributed by atoms with Crippen LogP contribution in [0.4, 0.5) is 4.79 Å². The van der Waals surface area contributed by atoms with Gasteiger partial charge in [0.15, 0.2) is 0 Å². The Hall–Kier alpha value is -5.66. The molecule has 4 aromatic rings. The van der Waals surface area contributed by atoms with Crippen molar-refractivity contribution in [2.24, 2.45) is 5.92 Å². The SMILES string of the molecule is CCCCOC(=O)NS(=O)(=O)c1ccccc1-c1ccc(C[C@H](CC)C(=O)NC(OC(=O)[C@@H]2CCCN2)(C(=O)Cc2ccccc2)C(=O)Cc2ccccc2)cc1. The summed E-state index contributed by atoms with van der Waals surface area (Å²) in [6.45, 7) is 4.38. The van der Waals surface area contributed by atoms with Crippen LogP contribution in [0.15, 0.2) is 114 Å². The highest BCUT2D eigenvalue weighted by Gasteiger charge is 2.51. The van der Waals surface area contributed by atoms with E-state index in [0.29, 0.717) is 60.0 Å². The molecule has 12 nitrogen and oxygen atoms in total. The topological polar surface area (TPSA) is 174 Å². The second-order valence-electron chi connectivity index (χ2n) is 14.0. The molecule has 3 N–H and O–H groups in total. The Morgan fingerprint density at radius 1 is 0.789 bits per heavy atom. The number of hydrogen-bond donors (Lipinski definition) is 3. The number of hydrogen-bond acceptors (Lipinski definition) is 10. The summed E-state index contributed by atoms with van der Waals surface area (Å²) in [6.07, 6.45) is 1.41. The predicted octanol–water partition coefficient (Wildman–Crippen LogP) is 5.87. The normalized spacial score (nSPS) is 14.6. The molecule has 4 aromatic carbocycles. The van der Waals surface area contributed by atoms with E-state index in [1.54, 1.807) is 110 Å². The third-order valence-electron chi connectivity index (χ3n) is 9.83. The van der Waals surface area contributed by atoms with Crippen LogP contribution in [-0.4, -0.2) is 62.9 Å². The summed E-state index contributed by atoms with van der Waals surface area (Å²) in [5.41, 5.74) is 0.150. The highest BCUT2D eigenvalue weighted by molar-refractivity contribution is 7.90. The van der Waals surface area contributed by atoms with Gasteiger partial charge >= 0.3 is 17.8 Å². The molecule has 1 aliphatic rings. The van der Waals surface area contributed by atoms with Gasteiger partial charge in [-0.2, -0.15) is 0 Å². The molecule has 0 aliphatic carbocycles. The molecule has 5 rings (SSSR count). The van der Waals surface area contributed by atoms with Gasteiger partial charge in [-0.3, -0.25) is 19.2 Å². The Morgan fingerprint density at radius 2 is 1.39 bits per heavy atom. The lowest BCUT2D eigenvalue weighted by molar-refractivity contribution is -0.180. The Balaban J connectivity index is 1.41. The number of rotatable bonds is 19. The van der Waals surface area contributed by atoms with Crippen LogP contribution >= 0.6 is 0 Å². The quantitative estimate of drug-likeness (QED) is 0.0451. The number of esters is 1. The van der Waals surface area contributed by atoms with Crippen molar-refractivity contribution in [3.8, 4) is 11.1 Å². The van der Waals surface area contributed by atoms with Crippen molar-refractivity contribution in [2.45, 2.75) is 81.9 Å². The Bertz CT molecular complexity index is 2070. The fraction of sp³-hybridized carbons (Fsp3) is 0.341. The summed E-state index contributed by atoms with van der Waals surface area (Å²) in [6, 6.07) is 29.9. The summed E-state index contributed by atoms with van der Waals surface area (Å²) in [7, 11) is -4.28. The molecule has 0 aromatic heterocycles. The molecule has 13 heteroatoms. The van der Waals surface area contributed by atoms with E-state index in [1.807, 2.05) is 11.6 Å². The van der Waals surface area contributed by atoms with E-state index >= 15 is 0 Å². The third-order valence-corrected chi connectivity index (χ3v) is 11.2. The first-order chi connectivity index (χ1) is 27.5. The van der Waals surface area contributed by atoms with Crippen molar-refractivity contribution in [2.75, 3.05) is 13.2 Å². The number of amides is 2. The Morgan fingerprint density at radius 3 is 1.95 bits per heavy atom. The minimum Gasteiger partial charge on any atom is -0.449 e. The third kappa shape index (κ3) is 11.2. The van der Waals surface area contributed by atoms with E-state index in [9.17, 15) is 32.4 Å². The molecule has 1 saturated heterocycles. The van der Waals surface area contributed by atoms with E-state index in [1.165, 1.54) is 6.07 Å². The number of nitrogens with one attached hydrogen (secondary N) is 3. The first-order valence-corrected chi connectivity index (χ1v) is 20.7. The maximum absolute atomic E-state index is 14.4. The van der Waals surface area contributed by atoms with Crippen LogP contribution in [0.3, 0.4) is 0 Å². The maximum atomic E-state index is 14.4. The minimum atomic E-state index is -4.28. The van der Waals surface area contributed by atoms with Gasteiger partial charge in [0, 0.05) is 24.3 Å². The zero-order valence-electron chi connectivity index (χ0n) is 32.2. The zero-order valence-corrected chi connectivity index (χ0v) is 33.0. The Labute approximate surface area is 333 Å². The minimum absolute atomic E-state index is 0.0931. The van der Waals surface area contributed by atoms with Crippen molar-refractivity contribution in [1.82, 2.24) is 15.4 Å². The molecule has 2 amide bonds. The lowest BCUT2D eigenvalue weighted by Gasteiger charge is -2.34. The van der Waals surface area contributed by atoms with Gasteiger partial charge in [0.1, 0.15) is 6.04 Å². The molecule has 0 saturated carbocycles. The standard InChI is InChI=1S/C44H49N3O9S/c1-3-5-27-55-43(52)47-57(53,54)38-21-13-12-19-36(38)35-24-22-33(23-25-35)28-34(4-2)41(50)46-44(56-42(51)37-20-14-26-45-37,39(48)29-31-15-8-6-9-16-31)40(49)30-32-17-10-7-11-18-32/h6-13,15-19,21-25,34,37,45H,3-5,14,20,26-30H2,1-2H3,(H,46,50)(H,47,52)/t34-,37-/m0/s1. The van der Waals surface area contributed by atoms with Gasteiger partial charge in [0.2, 0.25) is 17.5 Å². The van der Waals surface area contributed by atoms with Gasteiger partial charge in [-0.05, 0) is 67.0 Å². The predicted molar refractivity (Wildman–Crippen MR) is 214 cm³/mol. The first-order valence-electron chi connectivity index (χ1n) is 19.3. The van der Waals surface area contributed by atoms with Crippen LogP contribution in [0, 0.1) is 5.92 Å². The van der Waals surface area contributed by atoms with E-state index in [2.05, 4.69) is 10.6 Å².